The van der Waals surface area contributed by atoms with E-state index in [9.17, 15) is 0 Å². The molecule has 2 N–H and O–H groups in total. The Morgan fingerprint density at radius 2 is 2.05 bits per heavy atom. The molecule has 1 aliphatic heterocycles. The van der Waals surface area contributed by atoms with E-state index in [-0.39, 0.29) is 0 Å². The average Bonchev–Trinajstić information content (AvgIpc) is 2.69. The van der Waals surface area contributed by atoms with Crippen LogP contribution in [0.15, 0.2) is 27.1 Å². The lowest BCUT2D eigenvalue weighted by atomic mass is 9.98. The van der Waals surface area contributed by atoms with Crippen molar-refractivity contribution < 1.29 is 0 Å². The molecule has 0 bridgehead atoms. The van der Waals surface area contributed by atoms with Crippen molar-refractivity contribution >= 4 is 31.9 Å². The fraction of sp³-hybridized carbons (Fsp3) is 0.625. The maximum Gasteiger partial charge on any atom is 0.0470 e. The molecule has 1 aromatic carbocycles. The van der Waals surface area contributed by atoms with Crippen LogP contribution in [-0.2, 0) is 0 Å². The van der Waals surface area contributed by atoms with E-state index >= 15 is 0 Å². The molecular formula is C16H24Br2N2. The molecule has 1 aliphatic rings. The first-order valence-corrected chi connectivity index (χ1v) is 9.13. The van der Waals surface area contributed by atoms with Gasteiger partial charge in [-0.25, -0.2) is 0 Å². The van der Waals surface area contributed by atoms with Gasteiger partial charge in [-0.15, -0.1) is 0 Å². The summed E-state index contributed by atoms with van der Waals surface area (Å²) in [6, 6.07) is 6.84. The van der Waals surface area contributed by atoms with Gasteiger partial charge in [0, 0.05) is 21.5 Å². The zero-order valence-electron chi connectivity index (χ0n) is 12.1. The molecule has 1 fully saturated rings. The van der Waals surface area contributed by atoms with E-state index < -0.39 is 0 Å². The second-order valence-corrected chi connectivity index (χ2v) is 7.37. The molecule has 0 aliphatic carbocycles. The van der Waals surface area contributed by atoms with Gasteiger partial charge in [0.2, 0.25) is 0 Å². The number of rotatable bonds is 4. The van der Waals surface area contributed by atoms with E-state index in [4.69, 9.17) is 5.73 Å². The predicted octanol–water partition coefficient (Wildman–Crippen LogP) is 4.72. The molecule has 0 radical (unpaired) electrons. The Kier molecular flexibility index (Phi) is 6.53. The summed E-state index contributed by atoms with van der Waals surface area (Å²) < 4.78 is 2.20. The van der Waals surface area contributed by atoms with Gasteiger partial charge in [-0.3, -0.25) is 4.90 Å². The van der Waals surface area contributed by atoms with Crippen LogP contribution in [0, 0.1) is 5.92 Å². The normalized spacial score (nSPS) is 22.5. The van der Waals surface area contributed by atoms with Crippen molar-refractivity contribution in [3.63, 3.8) is 0 Å². The monoisotopic (exact) mass is 402 g/mol. The molecule has 0 spiro atoms. The lowest BCUT2D eigenvalue weighted by molar-refractivity contribution is 0.206. The number of benzene rings is 1. The molecule has 4 heteroatoms. The number of hydrogen-bond donors (Lipinski definition) is 1. The molecule has 2 nitrogen and oxygen atoms in total. The molecule has 0 amide bonds. The molecule has 1 saturated heterocycles. The van der Waals surface area contributed by atoms with Crippen LogP contribution in [0.1, 0.15) is 44.2 Å². The van der Waals surface area contributed by atoms with Crippen molar-refractivity contribution in [2.75, 3.05) is 19.6 Å². The second-order valence-electron chi connectivity index (χ2n) is 5.67. The summed E-state index contributed by atoms with van der Waals surface area (Å²) in [6.07, 6.45) is 5.29. The standard InChI is InChI=1S/C16H24Br2N2/c1-2-12-4-3-8-20(9-7-12)16(11-19)13-5-6-14(17)15(18)10-13/h5-6,10,12,16H,2-4,7-9,11,19H2,1H3. The number of nitrogens with two attached hydrogens (primary N) is 1. The van der Waals surface area contributed by atoms with Crippen molar-refractivity contribution in [3.05, 3.63) is 32.7 Å². The van der Waals surface area contributed by atoms with Crippen molar-refractivity contribution in [1.82, 2.24) is 4.90 Å². The number of halogens is 2. The SMILES string of the molecule is CCC1CCCN(C(CN)c2ccc(Br)c(Br)c2)CC1. The molecule has 20 heavy (non-hydrogen) atoms. The zero-order chi connectivity index (χ0) is 14.5. The lowest BCUT2D eigenvalue weighted by Gasteiger charge is -2.30. The topological polar surface area (TPSA) is 29.3 Å². The number of likely N-dealkylation sites (tertiary alicyclic amines) is 1. The van der Waals surface area contributed by atoms with Gasteiger partial charge >= 0.3 is 0 Å². The van der Waals surface area contributed by atoms with Crippen molar-refractivity contribution in [3.8, 4) is 0 Å². The Morgan fingerprint density at radius 3 is 2.70 bits per heavy atom. The smallest absolute Gasteiger partial charge is 0.0470 e. The Morgan fingerprint density at radius 1 is 1.25 bits per heavy atom. The van der Waals surface area contributed by atoms with Crippen LogP contribution in [0.4, 0.5) is 0 Å². The Hall–Kier alpha value is 0.1000. The summed E-state index contributed by atoms with van der Waals surface area (Å²) in [5.74, 6) is 0.898. The fourth-order valence-electron chi connectivity index (χ4n) is 3.12. The van der Waals surface area contributed by atoms with E-state index in [1.807, 2.05) is 0 Å². The summed E-state index contributed by atoms with van der Waals surface area (Å²) in [4.78, 5) is 2.57. The zero-order valence-corrected chi connectivity index (χ0v) is 15.3. The molecule has 112 valence electrons. The van der Waals surface area contributed by atoms with Gasteiger partial charge in [0.05, 0.1) is 0 Å². The van der Waals surface area contributed by atoms with Gasteiger partial charge in [0.15, 0.2) is 0 Å². The molecule has 0 saturated carbocycles. The lowest BCUT2D eigenvalue weighted by Crippen LogP contribution is -2.34. The fourth-order valence-corrected chi connectivity index (χ4v) is 3.77. The predicted molar refractivity (Wildman–Crippen MR) is 92.8 cm³/mol. The van der Waals surface area contributed by atoms with Gasteiger partial charge in [0.25, 0.3) is 0 Å². The van der Waals surface area contributed by atoms with E-state index in [2.05, 4.69) is 61.9 Å². The number of nitrogens with zero attached hydrogens (tertiary/aromatic N) is 1. The Bertz CT molecular complexity index is 436. The third-order valence-electron chi connectivity index (χ3n) is 4.45. The third kappa shape index (κ3) is 4.06. The number of hydrogen-bond acceptors (Lipinski definition) is 2. The second kappa shape index (κ2) is 7.92. The summed E-state index contributed by atoms with van der Waals surface area (Å²) in [7, 11) is 0. The largest absolute Gasteiger partial charge is 0.329 e. The summed E-state index contributed by atoms with van der Waals surface area (Å²) in [5.41, 5.74) is 7.39. The molecule has 0 aromatic heterocycles. The average molecular weight is 404 g/mol. The van der Waals surface area contributed by atoms with Crippen molar-refractivity contribution in [2.24, 2.45) is 11.7 Å². The third-order valence-corrected chi connectivity index (χ3v) is 6.33. The van der Waals surface area contributed by atoms with Crippen LogP contribution in [0.3, 0.4) is 0 Å². The van der Waals surface area contributed by atoms with E-state index in [0.29, 0.717) is 12.6 Å². The summed E-state index contributed by atoms with van der Waals surface area (Å²) >= 11 is 7.13. The van der Waals surface area contributed by atoms with Crippen LogP contribution < -0.4 is 5.73 Å². The highest BCUT2D eigenvalue weighted by Gasteiger charge is 2.23. The van der Waals surface area contributed by atoms with Gasteiger partial charge in [0.1, 0.15) is 0 Å². The van der Waals surface area contributed by atoms with Gasteiger partial charge in [-0.1, -0.05) is 19.4 Å². The van der Waals surface area contributed by atoms with E-state index in [1.54, 1.807) is 0 Å². The molecule has 1 aromatic rings. The minimum atomic E-state index is 0.343. The highest BCUT2D eigenvalue weighted by molar-refractivity contribution is 9.13. The Labute approximate surface area is 139 Å². The molecule has 2 unspecified atom stereocenters. The Balaban J connectivity index is 2.12. The minimum Gasteiger partial charge on any atom is -0.329 e. The summed E-state index contributed by atoms with van der Waals surface area (Å²) in [5, 5.41) is 0. The van der Waals surface area contributed by atoms with Gasteiger partial charge in [-0.2, -0.15) is 0 Å². The van der Waals surface area contributed by atoms with E-state index in [1.165, 1.54) is 44.3 Å². The van der Waals surface area contributed by atoms with E-state index in [0.717, 1.165) is 14.9 Å². The maximum atomic E-state index is 6.07. The van der Waals surface area contributed by atoms with Crippen LogP contribution in [0.2, 0.25) is 0 Å². The highest BCUT2D eigenvalue weighted by Crippen LogP contribution is 2.31. The van der Waals surface area contributed by atoms with Gasteiger partial charge < -0.3 is 5.73 Å². The van der Waals surface area contributed by atoms with Crippen LogP contribution in [-0.4, -0.2) is 24.5 Å². The molecule has 2 rings (SSSR count). The minimum absolute atomic E-state index is 0.343. The first-order valence-electron chi connectivity index (χ1n) is 7.54. The quantitative estimate of drug-likeness (QED) is 0.787. The molecular weight excluding hydrogens is 380 g/mol. The van der Waals surface area contributed by atoms with Gasteiger partial charge in [-0.05, 0) is 87.8 Å². The van der Waals surface area contributed by atoms with Crippen LogP contribution >= 0.6 is 31.9 Å². The first kappa shape index (κ1) is 16.5. The van der Waals surface area contributed by atoms with Crippen molar-refractivity contribution in [2.45, 2.75) is 38.6 Å². The molecule has 1 heterocycles. The first-order chi connectivity index (χ1) is 9.65. The summed E-state index contributed by atoms with van der Waals surface area (Å²) in [6.45, 7) is 5.34. The highest BCUT2D eigenvalue weighted by atomic mass is 79.9. The van der Waals surface area contributed by atoms with Crippen LogP contribution in [0.25, 0.3) is 0 Å². The van der Waals surface area contributed by atoms with Crippen molar-refractivity contribution in [1.29, 1.82) is 0 Å². The molecule has 2 atom stereocenters. The van der Waals surface area contributed by atoms with Crippen LogP contribution in [0.5, 0.6) is 0 Å². The maximum absolute atomic E-state index is 6.07.